The number of amides is 2. The SMILES string of the molecule is O=C(/C=C/c1ccccc1F)N1CCN(C(=O)Cc2c(-c3ccccc3)[nH]c3ccccc23)CC1. The van der Waals surface area contributed by atoms with Crippen LogP contribution in [0, 0.1) is 5.82 Å². The van der Waals surface area contributed by atoms with Gasteiger partial charge in [-0.05, 0) is 29.3 Å². The van der Waals surface area contributed by atoms with Crippen molar-refractivity contribution < 1.29 is 14.0 Å². The highest BCUT2D eigenvalue weighted by molar-refractivity contribution is 5.95. The van der Waals surface area contributed by atoms with E-state index in [9.17, 15) is 14.0 Å². The third-order valence-corrected chi connectivity index (χ3v) is 6.46. The number of nitrogens with zero attached hydrogens (tertiary/aromatic N) is 2. The Labute approximate surface area is 203 Å². The fourth-order valence-corrected chi connectivity index (χ4v) is 4.55. The van der Waals surface area contributed by atoms with Crippen LogP contribution in [0.1, 0.15) is 11.1 Å². The number of aromatic amines is 1. The highest BCUT2D eigenvalue weighted by Gasteiger charge is 2.25. The van der Waals surface area contributed by atoms with Gasteiger partial charge in [-0.2, -0.15) is 0 Å². The summed E-state index contributed by atoms with van der Waals surface area (Å²) < 4.78 is 13.8. The van der Waals surface area contributed by atoms with Gasteiger partial charge in [0.05, 0.1) is 12.1 Å². The molecule has 0 unspecified atom stereocenters. The number of fused-ring (bicyclic) bond motifs is 1. The molecule has 6 heteroatoms. The Balaban J connectivity index is 1.26. The Morgan fingerprint density at radius 3 is 2.26 bits per heavy atom. The van der Waals surface area contributed by atoms with Crippen LogP contribution in [-0.4, -0.2) is 52.8 Å². The molecule has 0 atom stereocenters. The molecule has 1 N–H and O–H groups in total. The molecular formula is C29H26FN3O2. The van der Waals surface area contributed by atoms with Gasteiger partial charge in [0.2, 0.25) is 11.8 Å². The Kier molecular flexibility index (Phi) is 6.44. The highest BCUT2D eigenvalue weighted by atomic mass is 19.1. The van der Waals surface area contributed by atoms with Gasteiger partial charge in [-0.3, -0.25) is 9.59 Å². The monoisotopic (exact) mass is 467 g/mol. The molecule has 1 aliphatic rings. The fraction of sp³-hybridized carbons (Fsp3) is 0.172. The summed E-state index contributed by atoms with van der Waals surface area (Å²) in [5.41, 5.74) is 4.38. The van der Waals surface area contributed by atoms with Crippen molar-refractivity contribution in [3.8, 4) is 11.3 Å². The maximum Gasteiger partial charge on any atom is 0.246 e. The number of rotatable bonds is 5. The van der Waals surface area contributed by atoms with Crippen molar-refractivity contribution in [2.24, 2.45) is 0 Å². The quantitative estimate of drug-likeness (QED) is 0.425. The van der Waals surface area contributed by atoms with E-state index in [2.05, 4.69) is 4.98 Å². The smallest absolute Gasteiger partial charge is 0.246 e. The number of nitrogens with one attached hydrogen (secondary N) is 1. The Bertz CT molecular complexity index is 1390. The number of aromatic nitrogens is 1. The third-order valence-electron chi connectivity index (χ3n) is 6.46. The Hall–Kier alpha value is -4.19. The van der Waals surface area contributed by atoms with Crippen LogP contribution in [0.3, 0.4) is 0 Å². The van der Waals surface area contributed by atoms with Crippen LogP contribution in [0.4, 0.5) is 4.39 Å². The van der Waals surface area contributed by atoms with Gasteiger partial charge in [-0.25, -0.2) is 4.39 Å². The molecule has 0 aliphatic carbocycles. The van der Waals surface area contributed by atoms with Crippen LogP contribution in [-0.2, 0) is 16.0 Å². The lowest BCUT2D eigenvalue weighted by molar-refractivity contribution is -0.136. The number of H-pyrrole nitrogens is 1. The summed E-state index contributed by atoms with van der Waals surface area (Å²) in [4.78, 5) is 32.8. The molecule has 0 saturated carbocycles. The number of hydrogen-bond acceptors (Lipinski definition) is 2. The summed E-state index contributed by atoms with van der Waals surface area (Å²) in [7, 11) is 0. The van der Waals surface area contributed by atoms with Crippen LogP contribution in [0.15, 0.2) is 84.9 Å². The van der Waals surface area contributed by atoms with E-state index in [0.29, 0.717) is 31.7 Å². The molecule has 176 valence electrons. The highest BCUT2D eigenvalue weighted by Crippen LogP contribution is 2.31. The molecule has 1 aromatic heterocycles. The minimum Gasteiger partial charge on any atom is -0.354 e. The van der Waals surface area contributed by atoms with E-state index in [4.69, 9.17) is 0 Å². The van der Waals surface area contributed by atoms with E-state index in [1.165, 1.54) is 18.2 Å². The maximum absolute atomic E-state index is 13.8. The number of benzene rings is 3. The van der Waals surface area contributed by atoms with E-state index in [1.54, 1.807) is 23.1 Å². The first-order chi connectivity index (χ1) is 17.1. The number of para-hydroxylation sites is 1. The minimum atomic E-state index is -0.362. The molecule has 2 heterocycles. The number of carbonyl (C=O) groups is 2. The number of piperazine rings is 1. The molecule has 0 radical (unpaired) electrons. The van der Waals surface area contributed by atoms with E-state index >= 15 is 0 Å². The fourth-order valence-electron chi connectivity index (χ4n) is 4.55. The minimum absolute atomic E-state index is 0.0425. The van der Waals surface area contributed by atoms with Gasteiger partial charge in [-0.15, -0.1) is 0 Å². The van der Waals surface area contributed by atoms with Crippen molar-refractivity contribution in [2.75, 3.05) is 26.2 Å². The van der Waals surface area contributed by atoms with Crippen LogP contribution < -0.4 is 0 Å². The summed E-state index contributed by atoms with van der Waals surface area (Å²) in [6.45, 7) is 1.85. The van der Waals surface area contributed by atoms with Gasteiger partial charge >= 0.3 is 0 Å². The molecule has 2 amide bonds. The van der Waals surface area contributed by atoms with Gasteiger partial charge in [0.25, 0.3) is 0 Å². The first-order valence-corrected chi connectivity index (χ1v) is 11.7. The molecule has 4 aromatic rings. The zero-order valence-electron chi connectivity index (χ0n) is 19.3. The van der Waals surface area contributed by atoms with E-state index in [0.717, 1.165) is 27.7 Å². The van der Waals surface area contributed by atoms with E-state index < -0.39 is 0 Å². The van der Waals surface area contributed by atoms with Crippen molar-refractivity contribution in [2.45, 2.75) is 6.42 Å². The molecule has 5 nitrogen and oxygen atoms in total. The molecule has 35 heavy (non-hydrogen) atoms. The average Bonchev–Trinajstić information content (AvgIpc) is 3.27. The van der Waals surface area contributed by atoms with Crippen molar-refractivity contribution >= 4 is 28.8 Å². The maximum atomic E-state index is 13.8. The summed E-state index contributed by atoms with van der Waals surface area (Å²) in [6.07, 6.45) is 3.18. The lowest BCUT2D eigenvalue weighted by Gasteiger charge is -2.34. The zero-order chi connectivity index (χ0) is 24.2. The van der Waals surface area contributed by atoms with Crippen LogP contribution in [0.2, 0.25) is 0 Å². The first-order valence-electron chi connectivity index (χ1n) is 11.7. The van der Waals surface area contributed by atoms with Crippen molar-refractivity contribution in [3.63, 3.8) is 0 Å². The van der Waals surface area contributed by atoms with Gasteiger partial charge in [0.15, 0.2) is 0 Å². The summed E-state index contributed by atoms with van der Waals surface area (Å²) >= 11 is 0. The van der Waals surface area contributed by atoms with Gasteiger partial charge < -0.3 is 14.8 Å². The van der Waals surface area contributed by atoms with Crippen molar-refractivity contribution in [1.82, 2.24) is 14.8 Å². The van der Waals surface area contributed by atoms with Crippen LogP contribution >= 0.6 is 0 Å². The lowest BCUT2D eigenvalue weighted by atomic mass is 10.0. The van der Waals surface area contributed by atoms with E-state index in [1.807, 2.05) is 59.5 Å². The molecule has 1 saturated heterocycles. The van der Waals surface area contributed by atoms with Gasteiger partial charge in [0.1, 0.15) is 5.82 Å². The predicted molar refractivity (Wildman–Crippen MR) is 136 cm³/mol. The first kappa shape index (κ1) is 22.6. The Morgan fingerprint density at radius 2 is 1.49 bits per heavy atom. The summed E-state index contributed by atoms with van der Waals surface area (Å²) in [5.74, 6) is -0.497. The summed E-state index contributed by atoms with van der Waals surface area (Å²) in [5, 5.41) is 1.05. The van der Waals surface area contributed by atoms with E-state index in [-0.39, 0.29) is 24.1 Å². The average molecular weight is 468 g/mol. The molecule has 1 aliphatic heterocycles. The number of halogens is 1. The largest absolute Gasteiger partial charge is 0.354 e. The Morgan fingerprint density at radius 1 is 0.829 bits per heavy atom. The van der Waals surface area contributed by atoms with Crippen LogP contribution in [0.5, 0.6) is 0 Å². The second-order valence-electron chi connectivity index (χ2n) is 8.63. The topological polar surface area (TPSA) is 56.4 Å². The van der Waals surface area contributed by atoms with Crippen LogP contribution in [0.25, 0.3) is 28.2 Å². The molecular weight excluding hydrogens is 441 g/mol. The lowest BCUT2D eigenvalue weighted by Crippen LogP contribution is -2.50. The molecule has 3 aromatic carbocycles. The van der Waals surface area contributed by atoms with Gasteiger partial charge in [0, 0.05) is 48.7 Å². The third kappa shape index (κ3) is 4.87. The molecule has 1 fully saturated rings. The number of hydrogen-bond donors (Lipinski definition) is 1. The summed E-state index contributed by atoms with van der Waals surface area (Å²) in [6, 6.07) is 24.4. The second-order valence-corrected chi connectivity index (χ2v) is 8.63. The number of carbonyl (C=O) groups excluding carboxylic acids is 2. The molecule has 5 rings (SSSR count). The second kappa shape index (κ2) is 9.97. The zero-order valence-corrected chi connectivity index (χ0v) is 19.3. The van der Waals surface area contributed by atoms with Gasteiger partial charge in [-0.1, -0.05) is 66.7 Å². The molecule has 0 spiro atoms. The van der Waals surface area contributed by atoms with Crippen molar-refractivity contribution in [3.05, 3.63) is 102 Å². The normalized spacial score (nSPS) is 14.1. The predicted octanol–water partition coefficient (Wildman–Crippen LogP) is 4.90. The molecule has 0 bridgehead atoms. The van der Waals surface area contributed by atoms with Crippen molar-refractivity contribution in [1.29, 1.82) is 0 Å². The standard InChI is InChI=1S/C29H26FN3O2/c30-25-12-6-4-8-21(25)14-15-27(34)32-16-18-33(19-17-32)28(35)20-24-23-11-5-7-13-26(23)31-29(24)22-9-2-1-3-10-22/h1-15,31H,16-20H2/b15-14+.